The van der Waals surface area contributed by atoms with Crippen molar-refractivity contribution in [2.45, 2.75) is 6.92 Å². The molecule has 0 unspecified atom stereocenters. The van der Waals surface area contributed by atoms with Crippen LogP contribution in [0.1, 0.15) is 18.1 Å². The molecule has 0 radical (unpaired) electrons. The molecular formula is C19H17NO2. The lowest BCUT2D eigenvalue weighted by atomic mass is 10.2. The average Bonchev–Trinajstić information content (AvgIpc) is 2.55. The largest absolute Gasteiger partial charge is 0.494 e. The molecule has 3 nitrogen and oxygen atoms in total. The zero-order valence-corrected chi connectivity index (χ0v) is 12.4. The summed E-state index contributed by atoms with van der Waals surface area (Å²) >= 11 is 0. The highest BCUT2D eigenvalue weighted by Crippen LogP contribution is 2.13. The van der Waals surface area contributed by atoms with Crippen LogP contribution < -0.4 is 10.1 Å². The lowest BCUT2D eigenvalue weighted by molar-refractivity contribution is -0.111. The van der Waals surface area contributed by atoms with E-state index in [4.69, 9.17) is 11.2 Å². The summed E-state index contributed by atoms with van der Waals surface area (Å²) in [6.07, 6.45) is 8.56. The quantitative estimate of drug-likeness (QED) is 0.673. The fourth-order valence-electron chi connectivity index (χ4n) is 1.88. The van der Waals surface area contributed by atoms with Crippen LogP contribution in [-0.2, 0) is 4.79 Å². The van der Waals surface area contributed by atoms with Gasteiger partial charge in [0.15, 0.2) is 0 Å². The standard InChI is InChI=1S/C19H17NO2/c1-3-15-6-5-7-17(14-15)20-19(21)13-10-16-8-11-18(12-9-16)22-4-2/h1,5-14H,4H2,2H3,(H,20,21)/b13-10+. The Morgan fingerprint density at radius 3 is 2.73 bits per heavy atom. The summed E-state index contributed by atoms with van der Waals surface area (Å²) in [7, 11) is 0. The van der Waals surface area contributed by atoms with Gasteiger partial charge in [0, 0.05) is 17.3 Å². The van der Waals surface area contributed by atoms with Gasteiger partial charge in [0.2, 0.25) is 5.91 Å². The van der Waals surface area contributed by atoms with E-state index in [-0.39, 0.29) is 5.91 Å². The Hall–Kier alpha value is -2.99. The first kappa shape index (κ1) is 15.4. The zero-order chi connectivity index (χ0) is 15.8. The molecular weight excluding hydrogens is 274 g/mol. The van der Waals surface area contributed by atoms with Gasteiger partial charge in [-0.2, -0.15) is 0 Å². The third kappa shape index (κ3) is 4.53. The van der Waals surface area contributed by atoms with E-state index in [1.807, 2.05) is 37.3 Å². The van der Waals surface area contributed by atoms with E-state index in [1.54, 1.807) is 24.3 Å². The summed E-state index contributed by atoms with van der Waals surface area (Å²) < 4.78 is 5.37. The molecule has 0 aliphatic heterocycles. The van der Waals surface area contributed by atoms with Crippen LogP contribution in [0.4, 0.5) is 5.69 Å². The lowest BCUT2D eigenvalue weighted by Crippen LogP contribution is -2.07. The molecule has 0 spiro atoms. The average molecular weight is 291 g/mol. The highest BCUT2D eigenvalue weighted by molar-refractivity contribution is 6.02. The number of ether oxygens (including phenoxy) is 1. The molecule has 0 aliphatic rings. The molecule has 0 heterocycles. The van der Waals surface area contributed by atoms with Gasteiger partial charge < -0.3 is 10.1 Å². The number of benzene rings is 2. The van der Waals surface area contributed by atoms with Gasteiger partial charge in [-0.05, 0) is 48.9 Å². The van der Waals surface area contributed by atoms with Crippen LogP contribution in [0.15, 0.2) is 54.6 Å². The van der Waals surface area contributed by atoms with E-state index in [2.05, 4.69) is 11.2 Å². The van der Waals surface area contributed by atoms with Crippen molar-refractivity contribution in [3.8, 4) is 18.1 Å². The maximum atomic E-state index is 11.9. The molecule has 0 bridgehead atoms. The number of rotatable bonds is 5. The molecule has 3 heteroatoms. The second-order valence-electron chi connectivity index (χ2n) is 4.55. The van der Waals surface area contributed by atoms with Crippen LogP contribution in [0.5, 0.6) is 5.75 Å². The Labute approximate surface area is 130 Å². The minimum Gasteiger partial charge on any atom is -0.494 e. The third-order valence-corrected chi connectivity index (χ3v) is 2.92. The smallest absolute Gasteiger partial charge is 0.248 e. The van der Waals surface area contributed by atoms with Crippen molar-refractivity contribution in [3.63, 3.8) is 0 Å². The number of carbonyl (C=O) groups excluding carboxylic acids is 1. The first-order chi connectivity index (χ1) is 10.7. The van der Waals surface area contributed by atoms with Crippen molar-refractivity contribution < 1.29 is 9.53 Å². The fourth-order valence-corrected chi connectivity index (χ4v) is 1.88. The number of hydrogen-bond donors (Lipinski definition) is 1. The van der Waals surface area contributed by atoms with Crippen molar-refractivity contribution in [1.82, 2.24) is 0 Å². The van der Waals surface area contributed by atoms with Gasteiger partial charge in [-0.25, -0.2) is 0 Å². The van der Waals surface area contributed by atoms with E-state index in [0.29, 0.717) is 12.3 Å². The molecule has 0 saturated carbocycles. The van der Waals surface area contributed by atoms with E-state index in [1.165, 1.54) is 6.08 Å². The van der Waals surface area contributed by atoms with Crippen LogP contribution in [0, 0.1) is 12.3 Å². The monoisotopic (exact) mass is 291 g/mol. The van der Waals surface area contributed by atoms with Crippen LogP contribution in [0.3, 0.4) is 0 Å². The number of anilines is 1. The van der Waals surface area contributed by atoms with Gasteiger partial charge in [0.1, 0.15) is 5.75 Å². The summed E-state index contributed by atoms with van der Waals surface area (Å²) in [5, 5.41) is 2.77. The van der Waals surface area contributed by atoms with Gasteiger partial charge in [-0.1, -0.05) is 24.1 Å². The summed E-state index contributed by atoms with van der Waals surface area (Å²) in [4.78, 5) is 11.9. The first-order valence-corrected chi connectivity index (χ1v) is 7.00. The van der Waals surface area contributed by atoms with Gasteiger partial charge in [-0.3, -0.25) is 4.79 Å². The molecule has 2 aromatic rings. The van der Waals surface area contributed by atoms with E-state index in [0.717, 1.165) is 16.9 Å². The van der Waals surface area contributed by atoms with Crippen molar-refractivity contribution in [2.75, 3.05) is 11.9 Å². The SMILES string of the molecule is C#Cc1cccc(NC(=O)/C=C/c2ccc(OCC)cc2)c1. The molecule has 110 valence electrons. The maximum Gasteiger partial charge on any atom is 0.248 e. The molecule has 1 amide bonds. The van der Waals surface area contributed by atoms with Crippen molar-refractivity contribution >= 4 is 17.7 Å². The molecule has 1 N–H and O–H groups in total. The molecule has 0 aromatic heterocycles. The fraction of sp³-hybridized carbons (Fsp3) is 0.105. The Balaban J connectivity index is 1.97. The van der Waals surface area contributed by atoms with E-state index >= 15 is 0 Å². The predicted octanol–water partition coefficient (Wildman–Crippen LogP) is 3.72. The second-order valence-corrected chi connectivity index (χ2v) is 4.55. The van der Waals surface area contributed by atoms with E-state index < -0.39 is 0 Å². The number of amides is 1. The van der Waals surface area contributed by atoms with Crippen LogP contribution in [-0.4, -0.2) is 12.5 Å². The highest BCUT2D eigenvalue weighted by Gasteiger charge is 1.99. The van der Waals surface area contributed by atoms with Gasteiger partial charge in [0.25, 0.3) is 0 Å². The summed E-state index contributed by atoms with van der Waals surface area (Å²) in [6, 6.07) is 14.7. The van der Waals surface area contributed by atoms with Crippen LogP contribution >= 0.6 is 0 Å². The zero-order valence-electron chi connectivity index (χ0n) is 12.4. The third-order valence-electron chi connectivity index (χ3n) is 2.92. The molecule has 0 atom stereocenters. The van der Waals surface area contributed by atoms with Crippen molar-refractivity contribution in [1.29, 1.82) is 0 Å². The topological polar surface area (TPSA) is 38.3 Å². The summed E-state index contributed by atoms with van der Waals surface area (Å²) in [5.74, 6) is 3.14. The number of carbonyl (C=O) groups is 1. The second kappa shape index (κ2) is 7.70. The number of nitrogens with one attached hydrogen (secondary N) is 1. The molecule has 2 aromatic carbocycles. The minimum atomic E-state index is -0.206. The Morgan fingerprint density at radius 2 is 2.05 bits per heavy atom. The Morgan fingerprint density at radius 1 is 1.27 bits per heavy atom. The van der Waals surface area contributed by atoms with Gasteiger partial charge in [0.05, 0.1) is 6.61 Å². The molecule has 0 aliphatic carbocycles. The molecule has 22 heavy (non-hydrogen) atoms. The molecule has 2 rings (SSSR count). The minimum absolute atomic E-state index is 0.206. The predicted molar refractivity (Wildman–Crippen MR) is 89.7 cm³/mol. The van der Waals surface area contributed by atoms with Crippen LogP contribution in [0.2, 0.25) is 0 Å². The van der Waals surface area contributed by atoms with Gasteiger partial charge >= 0.3 is 0 Å². The summed E-state index contributed by atoms with van der Waals surface area (Å²) in [5.41, 5.74) is 2.33. The van der Waals surface area contributed by atoms with E-state index in [9.17, 15) is 4.79 Å². The van der Waals surface area contributed by atoms with Gasteiger partial charge in [-0.15, -0.1) is 6.42 Å². The number of hydrogen-bond acceptors (Lipinski definition) is 2. The number of terminal acetylenes is 1. The van der Waals surface area contributed by atoms with Crippen molar-refractivity contribution in [2.24, 2.45) is 0 Å². The Bertz CT molecular complexity index is 709. The lowest BCUT2D eigenvalue weighted by Gasteiger charge is -2.03. The molecule has 0 fully saturated rings. The van der Waals surface area contributed by atoms with Crippen LogP contribution in [0.25, 0.3) is 6.08 Å². The normalized spacial score (nSPS) is 10.2. The summed E-state index contributed by atoms with van der Waals surface area (Å²) in [6.45, 7) is 2.57. The van der Waals surface area contributed by atoms with Crippen molar-refractivity contribution in [3.05, 3.63) is 65.7 Å². The first-order valence-electron chi connectivity index (χ1n) is 7.00. The Kier molecular flexibility index (Phi) is 5.39. The molecule has 0 saturated heterocycles. The maximum absolute atomic E-state index is 11.9. The highest BCUT2D eigenvalue weighted by atomic mass is 16.5.